The van der Waals surface area contributed by atoms with E-state index in [0.29, 0.717) is 13.1 Å². The summed E-state index contributed by atoms with van der Waals surface area (Å²) >= 11 is 0. The first-order chi connectivity index (χ1) is 9.49. The van der Waals surface area contributed by atoms with Gasteiger partial charge in [0.15, 0.2) is 11.5 Å². The molecule has 1 aromatic carbocycles. The third-order valence-electron chi connectivity index (χ3n) is 2.98. The molecule has 0 aliphatic heterocycles. The number of benzene rings is 1. The average Bonchev–Trinajstić information content (AvgIpc) is 2.46. The van der Waals surface area contributed by atoms with Crippen LogP contribution in [0.25, 0.3) is 0 Å². The van der Waals surface area contributed by atoms with Crippen LogP contribution < -0.4 is 9.47 Å². The van der Waals surface area contributed by atoms with Crippen LogP contribution in [0.2, 0.25) is 0 Å². The van der Waals surface area contributed by atoms with Gasteiger partial charge >= 0.3 is 0 Å². The summed E-state index contributed by atoms with van der Waals surface area (Å²) in [7, 11) is 2.79. The number of methoxy groups -OCH3 is 2. The Balaban J connectivity index is 3.43. The number of ether oxygens (including phenoxy) is 2. The van der Waals surface area contributed by atoms with Crippen molar-refractivity contribution in [3.8, 4) is 11.5 Å². The molecule has 0 aromatic heterocycles. The predicted molar refractivity (Wildman–Crippen MR) is 73.5 cm³/mol. The quantitative estimate of drug-likeness (QED) is 0.589. The molecule has 0 atom stereocenters. The summed E-state index contributed by atoms with van der Waals surface area (Å²) < 4.78 is 10.1. The van der Waals surface area contributed by atoms with Crippen LogP contribution in [0.4, 0.5) is 5.69 Å². The molecule has 110 valence electrons. The highest BCUT2D eigenvalue weighted by molar-refractivity contribution is 5.99. The highest BCUT2D eigenvalue weighted by atomic mass is 16.6. The molecule has 1 amide bonds. The molecule has 0 aliphatic carbocycles. The van der Waals surface area contributed by atoms with Crippen molar-refractivity contribution in [1.29, 1.82) is 0 Å². The number of carbonyl (C=O) groups excluding carboxylic acids is 1. The largest absolute Gasteiger partial charge is 0.493 e. The Hall–Kier alpha value is -2.31. The first-order valence-electron chi connectivity index (χ1n) is 6.19. The molecule has 0 heterocycles. The summed E-state index contributed by atoms with van der Waals surface area (Å²) in [5.74, 6) is 0.103. The lowest BCUT2D eigenvalue weighted by Gasteiger charge is -2.19. The number of hydrogen-bond acceptors (Lipinski definition) is 5. The van der Waals surface area contributed by atoms with Crippen LogP contribution in [0.5, 0.6) is 11.5 Å². The Morgan fingerprint density at radius 3 is 2.10 bits per heavy atom. The highest BCUT2D eigenvalue weighted by Crippen LogP contribution is 2.35. The molecule has 0 fully saturated rings. The summed E-state index contributed by atoms with van der Waals surface area (Å²) in [5, 5.41) is 11.1. The maximum Gasteiger partial charge on any atom is 0.286 e. The van der Waals surface area contributed by atoms with Crippen molar-refractivity contribution in [1.82, 2.24) is 4.90 Å². The first kappa shape index (κ1) is 15.7. The van der Waals surface area contributed by atoms with E-state index in [9.17, 15) is 14.9 Å². The number of nitro benzene ring substituents is 1. The van der Waals surface area contributed by atoms with Gasteiger partial charge in [0.05, 0.1) is 25.2 Å². The second-order valence-electron chi connectivity index (χ2n) is 3.96. The minimum absolute atomic E-state index is 0.00338. The van der Waals surface area contributed by atoms with Gasteiger partial charge in [-0.15, -0.1) is 0 Å². The fourth-order valence-corrected chi connectivity index (χ4v) is 1.87. The van der Waals surface area contributed by atoms with E-state index in [4.69, 9.17) is 9.47 Å². The van der Waals surface area contributed by atoms with Crippen LogP contribution in [0.3, 0.4) is 0 Å². The van der Waals surface area contributed by atoms with Gasteiger partial charge in [0.25, 0.3) is 11.6 Å². The summed E-state index contributed by atoms with van der Waals surface area (Å²) in [4.78, 5) is 24.4. The van der Waals surface area contributed by atoms with Crippen LogP contribution in [0.15, 0.2) is 12.1 Å². The van der Waals surface area contributed by atoms with Crippen LogP contribution in [-0.4, -0.2) is 43.0 Å². The maximum absolute atomic E-state index is 12.3. The number of rotatable bonds is 6. The molecular formula is C13H18N2O5. The molecule has 0 aliphatic rings. The Kier molecular flexibility index (Phi) is 5.31. The SMILES string of the molecule is CCN(CC)C(=O)c1cc(OC)c(OC)cc1[N+](=O)[O-]. The highest BCUT2D eigenvalue weighted by Gasteiger charge is 2.26. The molecule has 0 unspecified atom stereocenters. The number of hydrogen-bond donors (Lipinski definition) is 0. The van der Waals surface area contributed by atoms with E-state index in [1.807, 2.05) is 13.8 Å². The van der Waals surface area contributed by atoms with Gasteiger partial charge in [0, 0.05) is 19.2 Å². The van der Waals surface area contributed by atoms with Crippen molar-refractivity contribution in [3.63, 3.8) is 0 Å². The standard InChI is InChI=1S/C13H18N2O5/c1-5-14(6-2)13(16)9-7-11(19-3)12(20-4)8-10(9)15(17)18/h7-8H,5-6H2,1-4H3. The van der Waals surface area contributed by atoms with E-state index in [2.05, 4.69) is 0 Å². The Bertz CT molecular complexity index is 512. The lowest BCUT2D eigenvalue weighted by Crippen LogP contribution is -2.31. The molecular weight excluding hydrogens is 264 g/mol. The lowest BCUT2D eigenvalue weighted by atomic mass is 10.1. The number of amides is 1. The zero-order valence-corrected chi connectivity index (χ0v) is 12.0. The van der Waals surface area contributed by atoms with E-state index in [1.54, 1.807) is 0 Å². The zero-order valence-electron chi connectivity index (χ0n) is 12.0. The van der Waals surface area contributed by atoms with Gasteiger partial charge in [-0.25, -0.2) is 0 Å². The number of carbonyl (C=O) groups is 1. The van der Waals surface area contributed by atoms with Crippen LogP contribution in [-0.2, 0) is 0 Å². The van der Waals surface area contributed by atoms with E-state index < -0.39 is 10.8 Å². The minimum Gasteiger partial charge on any atom is -0.493 e. The molecule has 1 rings (SSSR count). The van der Waals surface area contributed by atoms with Crippen LogP contribution in [0.1, 0.15) is 24.2 Å². The molecule has 20 heavy (non-hydrogen) atoms. The normalized spacial score (nSPS) is 10.0. The molecule has 0 spiro atoms. The van der Waals surface area contributed by atoms with Crippen molar-refractivity contribution in [2.75, 3.05) is 27.3 Å². The summed E-state index contributed by atoms with van der Waals surface area (Å²) in [6, 6.07) is 2.55. The third-order valence-corrected chi connectivity index (χ3v) is 2.98. The Morgan fingerprint density at radius 2 is 1.70 bits per heavy atom. The van der Waals surface area contributed by atoms with Crippen molar-refractivity contribution in [2.45, 2.75) is 13.8 Å². The lowest BCUT2D eigenvalue weighted by molar-refractivity contribution is -0.385. The third kappa shape index (κ3) is 2.98. The van der Waals surface area contributed by atoms with Crippen molar-refractivity contribution in [3.05, 3.63) is 27.8 Å². The molecule has 0 saturated heterocycles. The van der Waals surface area contributed by atoms with Gasteiger partial charge in [0.1, 0.15) is 5.56 Å². The molecule has 0 saturated carbocycles. The van der Waals surface area contributed by atoms with E-state index in [-0.39, 0.29) is 22.7 Å². The average molecular weight is 282 g/mol. The zero-order chi connectivity index (χ0) is 15.3. The van der Waals surface area contributed by atoms with Gasteiger partial charge < -0.3 is 14.4 Å². The monoisotopic (exact) mass is 282 g/mol. The Morgan fingerprint density at radius 1 is 1.20 bits per heavy atom. The molecule has 0 N–H and O–H groups in total. The van der Waals surface area contributed by atoms with Crippen molar-refractivity contribution < 1.29 is 19.2 Å². The van der Waals surface area contributed by atoms with Crippen LogP contribution in [0, 0.1) is 10.1 Å². The second-order valence-corrected chi connectivity index (χ2v) is 3.96. The summed E-state index contributed by atoms with van der Waals surface area (Å²) in [6.07, 6.45) is 0. The molecule has 7 heteroatoms. The summed E-state index contributed by atoms with van der Waals surface area (Å²) in [5.41, 5.74) is -0.295. The Labute approximate surface area is 117 Å². The topological polar surface area (TPSA) is 81.9 Å². The summed E-state index contributed by atoms with van der Waals surface area (Å²) in [6.45, 7) is 4.57. The number of nitrogens with zero attached hydrogens (tertiary/aromatic N) is 2. The van der Waals surface area contributed by atoms with Gasteiger partial charge in [-0.3, -0.25) is 14.9 Å². The van der Waals surface area contributed by atoms with Gasteiger partial charge in [-0.05, 0) is 13.8 Å². The van der Waals surface area contributed by atoms with Gasteiger partial charge in [0.2, 0.25) is 0 Å². The van der Waals surface area contributed by atoms with Crippen molar-refractivity contribution in [2.24, 2.45) is 0 Å². The van der Waals surface area contributed by atoms with E-state index in [1.165, 1.54) is 31.3 Å². The molecule has 7 nitrogen and oxygen atoms in total. The first-order valence-corrected chi connectivity index (χ1v) is 6.19. The maximum atomic E-state index is 12.3. The smallest absolute Gasteiger partial charge is 0.286 e. The fourth-order valence-electron chi connectivity index (χ4n) is 1.87. The minimum atomic E-state index is -0.599. The molecule has 0 bridgehead atoms. The fraction of sp³-hybridized carbons (Fsp3) is 0.462. The van der Waals surface area contributed by atoms with Gasteiger partial charge in [-0.1, -0.05) is 0 Å². The second kappa shape index (κ2) is 6.74. The molecule has 1 aromatic rings. The van der Waals surface area contributed by atoms with Gasteiger partial charge in [-0.2, -0.15) is 0 Å². The van der Waals surface area contributed by atoms with Crippen molar-refractivity contribution >= 4 is 11.6 Å². The molecule has 0 radical (unpaired) electrons. The van der Waals surface area contributed by atoms with E-state index in [0.717, 1.165) is 0 Å². The number of nitro groups is 1. The van der Waals surface area contributed by atoms with E-state index >= 15 is 0 Å². The van der Waals surface area contributed by atoms with Crippen LogP contribution >= 0.6 is 0 Å². The predicted octanol–water partition coefficient (Wildman–Crippen LogP) is 2.09.